The molecule has 6 nitrogen and oxygen atoms in total. The number of furan rings is 1. The number of para-hydroxylation sites is 1. The van der Waals surface area contributed by atoms with Crippen molar-refractivity contribution >= 4 is 17.5 Å². The summed E-state index contributed by atoms with van der Waals surface area (Å²) < 4.78 is 5.34. The van der Waals surface area contributed by atoms with Gasteiger partial charge in [0.2, 0.25) is 5.91 Å². The molecule has 1 aliphatic rings. The summed E-state index contributed by atoms with van der Waals surface area (Å²) in [4.78, 5) is 23.8. The fourth-order valence-corrected chi connectivity index (χ4v) is 2.18. The minimum absolute atomic E-state index is 0.282. The van der Waals surface area contributed by atoms with Gasteiger partial charge in [0, 0.05) is 12.6 Å². The van der Waals surface area contributed by atoms with E-state index in [1.807, 2.05) is 12.1 Å². The topological polar surface area (TPSA) is 74.6 Å². The summed E-state index contributed by atoms with van der Waals surface area (Å²) in [6, 6.07) is 10.6. The van der Waals surface area contributed by atoms with E-state index in [1.165, 1.54) is 18.2 Å². The predicted molar refractivity (Wildman–Crippen MR) is 71.5 cm³/mol. The Hall–Kier alpha value is -2.76. The lowest BCUT2D eigenvalue weighted by molar-refractivity contribution is -0.123. The Morgan fingerprint density at radius 1 is 1.30 bits per heavy atom. The van der Waals surface area contributed by atoms with Crippen molar-refractivity contribution in [3.05, 3.63) is 54.0 Å². The molecule has 2 N–H and O–H groups in total. The molecule has 0 aliphatic carbocycles. The monoisotopic (exact) mass is 271 g/mol. The number of rotatable bonds is 2. The molecule has 2 aromatic rings. The molecule has 20 heavy (non-hydrogen) atoms. The third-order valence-electron chi connectivity index (χ3n) is 3.02. The maximum absolute atomic E-state index is 12.5. The first-order chi connectivity index (χ1) is 9.66. The molecule has 102 valence electrons. The zero-order valence-electron chi connectivity index (χ0n) is 10.8. The van der Waals surface area contributed by atoms with E-state index in [-0.39, 0.29) is 11.8 Å². The van der Waals surface area contributed by atoms with Gasteiger partial charge in [-0.1, -0.05) is 12.1 Å². The average Bonchev–Trinajstić information content (AvgIpc) is 2.95. The van der Waals surface area contributed by atoms with Crippen LogP contribution in [-0.2, 0) is 4.79 Å². The second kappa shape index (κ2) is 4.73. The molecule has 2 amide bonds. The molecule has 1 aliphatic heterocycles. The van der Waals surface area contributed by atoms with Crippen molar-refractivity contribution in [2.75, 3.05) is 5.32 Å². The maximum Gasteiger partial charge on any atom is 0.276 e. The lowest BCUT2D eigenvalue weighted by atomic mass is 10.1. The van der Waals surface area contributed by atoms with Crippen molar-refractivity contribution in [1.29, 1.82) is 0 Å². The molecule has 0 fully saturated rings. The first-order valence-corrected chi connectivity index (χ1v) is 6.16. The number of amides is 2. The summed E-state index contributed by atoms with van der Waals surface area (Å²) >= 11 is 0. The van der Waals surface area contributed by atoms with E-state index in [9.17, 15) is 9.59 Å². The Kier molecular flexibility index (Phi) is 2.90. The van der Waals surface area contributed by atoms with E-state index in [4.69, 9.17) is 4.42 Å². The van der Waals surface area contributed by atoms with E-state index in [0.29, 0.717) is 17.0 Å². The van der Waals surface area contributed by atoms with E-state index in [0.717, 1.165) is 0 Å². The van der Waals surface area contributed by atoms with Crippen molar-refractivity contribution in [3.63, 3.8) is 0 Å². The molecule has 6 heteroatoms. The first kappa shape index (κ1) is 12.3. The maximum atomic E-state index is 12.5. The average molecular weight is 271 g/mol. The third-order valence-corrected chi connectivity index (χ3v) is 3.02. The number of fused-ring (bicyclic) bond motifs is 1. The minimum Gasteiger partial charge on any atom is -0.465 e. The van der Waals surface area contributed by atoms with Crippen molar-refractivity contribution in [1.82, 2.24) is 10.4 Å². The largest absolute Gasteiger partial charge is 0.465 e. The van der Waals surface area contributed by atoms with Gasteiger partial charge in [0.25, 0.3) is 5.91 Å². The number of carbonyl (C=O) groups excluding carboxylic acids is 2. The van der Waals surface area contributed by atoms with Crippen LogP contribution >= 0.6 is 0 Å². The van der Waals surface area contributed by atoms with Crippen LogP contribution in [0.2, 0.25) is 0 Å². The van der Waals surface area contributed by atoms with Crippen LogP contribution in [0, 0.1) is 0 Å². The Labute approximate surface area is 115 Å². The Morgan fingerprint density at radius 2 is 2.10 bits per heavy atom. The molecule has 1 aromatic heterocycles. The van der Waals surface area contributed by atoms with Crippen LogP contribution in [0.4, 0.5) is 5.69 Å². The van der Waals surface area contributed by atoms with Crippen LogP contribution in [-0.4, -0.2) is 16.8 Å². The number of anilines is 1. The number of hydrogen-bond acceptors (Lipinski definition) is 4. The Morgan fingerprint density at radius 3 is 2.80 bits per heavy atom. The number of benzene rings is 1. The summed E-state index contributed by atoms with van der Waals surface area (Å²) in [6.07, 6.45) is 0.949. The molecular formula is C14H13N3O3. The Bertz CT molecular complexity index is 651. The third kappa shape index (κ3) is 2.01. The highest BCUT2D eigenvalue weighted by Gasteiger charge is 2.35. The van der Waals surface area contributed by atoms with Gasteiger partial charge in [-0.2, -0.15) is 0 Å². The number of nitrogens with zero attached hydrogens (tertiary/aromatic N) is 1. The van der Waals surface area contributed by atoms with Crippen LogP contribution in [0.3, 0.4) is 0 Å². The van der Waals surface area contributed by atoms with E-state index in [2.05, 4.69) is 10.7 Å². The van der Waals surface area contributed by atoms with Crippen LogP contribution in [0.25, 0.3) is 0 Å². The van der Waals surface area contributed by atoms with E-state index in [1.54, 1.807) is 24.3 Å². The van der Waals surface area contributed by atoms with Gasteiger partial charge in [-0.15, -0.1) is 0 Å². The summed E-state index contributed by atoms with van der Waals surface area (Å²) in [6.45, 7) is 1.35. The molecule has 0 saturated carbocycles. The Balaban J connectivity index is 2.04. The molecule has 2 heterocycles. The summed E-state index contributed by atoms with van der Waals surface area (Å²) in [5.74, 6) is -0.0614. The smallest absolute Gasteiger partial charge is 0.276 e. The summed E-state index contributed by atoms with van der Waals surface area (Å²) in [7, 11) is 0. The molecule has 0 radical (unpaired) electrons. The zero-order chi connectivity index (χ0) is 14.1. The predicted octanol–water partition coefficient (Wildman–Crippen LogP) is 1.90. The number of hydrogen-bond donors (Lipinski definition) is 2. The number of nitrogens with one attached hydrogen (secondary N) is 2. The highest BCUT2D eigenvalue weighted by Crippen LogP contribution is 2.31. The molecule has 3 rings (SSSR count). The fourth-order valence-electron chi connectivity index (χ4n) is 2.18. The zero-order valence-corrected chi connectivity index (χ0v) is 10.8. The second-order valence-corrected chi connectivity index (χ2v) is 4.45. The molecular weight excluding hydrogens is 258 g/mol. The number of hydrazine groups is 1. The highest BCUT2D eigenvalue weighted by molar-refractivity contribution is 6.02. The SMILES string of the molecule is CC(=O)NN1C(=O)c2ccccc2N[C@H]1c1ccco1. The van der Waals surface area contributed by atoms with Gasteiger partial charge in [-0.3, -0.25) is 15.0 Å². The normalized spacial score (nSPS) is 17.4. The van der Waals surface area contributed by atoms with Gasteiger partial charge in [0.1, 0.15) is 5.76 Å². The van der Waals surface area contributed by atoms with Gasteiger partial charge in [0.15, 0.2) is 6.17 Å². The number of carbonyl (C=O) groups is 2. The minimum atomic E-state index is -0.573. The van der Waals surface area contributed by atoms with Gasteiger partial charge in [-0.05, 0) is 24.3 Å². The van der Waals surface area contributed by atoms with Gasteiger partial charge < -0.3 is 9.73 Å². The molecule has 1 aromatic carbocycles. The van der Waals surface area contributed by atoms with Gasteiger partial charge in [0.05, 0.1) is 11.8 Å². The molecule has 1 atom stereocenters. The fraction of sp³-hybridized carbons (Fsp3) is 0.143. The van der Waals surface area contributed by atoms with Crippen LogP contribution in [0.1, 0.15) is 29.2 Å². The van der Waals surface area contributed by atoms with Crippen molar-refractivity contribution in [3.8, 4) is 0 Å². The lowest BCUT2D eigenvalue weighted by Gasteiger charge is -2.36. The first-order valence-electron chi connectivity index (χ1n) is 6.16. The van der Waals surface area contributed by atoms with E-state index < -0.39 is 6.17 Å². The molecule has 0 unspecified atom stereocenters. The van der Waals surface area contributed by atoms with E-state index >= 15 is 0 Å². The molecule has 0 spiro atoms. The van der Waals surface area contributed by atoms with Gasteiger partial charge >= 0.3 is 0 Å². The molecule has 0 bridgehead atoms. The molecule has 0 saturated heterocycles. The van der Waals surface area contributed by atoms with Gasteiger partial charge in [-0.25, -0.2) is 5.01 Å². The van der Waals surface area contributed by atoms with Crippen LogP contribution in [0.15, 0.2) is 47.1 Å². The quantitative estimate of drug-likeness (QED) is 0.874. The van der Waals surface area contributed by atoms with Crippen LogP contribution < -0.4 is 10.7 Å². The van der Waals surface area contributed by atoms with Crippen LogP contribution in [0.5, 0.6) is 0 Å². The summed E-state index contributed by atoms with van der Waals surface area (Å²) in [5.41, 5.74) is 3.75. The second-order valence-electron chi connectivity index (χ2n) is 4.45. The van der Waals surface area contributed by atoms with Crippen molar-refractivity contribution in [2.45, 2.75) is 13.1 Å². The highest BCUT2D eigenvalue weighted by atomic mass is 16.3. The van der Waals surface area contributed by atoms with Crippen molar-refractivity contribution < 1.29 is 14.0 Å². The standard InChI is InChI=1S/C14H13N3O3/c1-9(18)16-17-13(12-7-4-8-20-12)15-11-6-3-2-5-10(11)14(17)19/h2-8,13,15H,1H3,(H,16,18)/t13-/m1/s1. The van der Waals surface area contributed by atoms with Crippen molar-refractivity contribution in [2.24, 2.45) is 0 Å². The summed E-state index contributed by atoms with van der Waals surface area (Å²) in [5, 5.41) is 4.42. The lowest BCUT2D eigenvalue weighted by Crippen LogP contribution is -2.52.